The maximum absolute atomic E-state index is 11.8. The zero-order valence-corrected chi connectivity index (χ0v) is 20.6. The molecule has 1 unspecified atom stereocenters. The predicted molar refractivity (Wildman–Crippen MR) is 129 cm³/mol. The number of hydrogen-bond donors (Lipinski definition) is 1. The van der Waals surface area contributed by atoms with Crippen LogP contribution in [0.15, 0.2) is 24.3 Å². The first-order valence-corrected chi connectivity index (χ1v) is 12.4. The van der Waals surface area contributed by atoms with Gasteiger partial charge in [-0.05, 0) is 38.5 Å². The summed E-state index contributed by atoms with van der Waals surface area (Å²) in [5, 5.41) is 8.53. The topological polar surface area (TPSA) is 116 Å². The van der Waals surface area contributed by atoms with Crippen molar-refractivity contribution < 1.29 is 38.5 Å². The summed E-state index contributed by atoms with van der Waals surface area (Å²) in [6, 6.07) is 0. The van der Waals surface area contributed by atoms with Gasteiger partial charge in [0.2, 0.25) is 0 Å². The van der Waals surface area contributed by atoms with E-state index < -0.39 is 24.0 Å². The Kier molecular flexibility index (Phi) is 21.7. The zero-order chi connectivity index (χ0) is 25.3. The molecule has 0 aliphatic heterocycles. The second-order valence-corrected chi connectivity index (χ2v) is 8.09. The van der Waals surface area contributed by atoms with Crippen molar-refractivity contribution in [1.82, 2.24) is 0 Å². The Morgan fingerprint density at radius 2 is 1.29 bits per heavy atom. The second-order valence-electron chi connectivity index (χ2n) is 8.09. The average Bonchev–Trinajstić information content (AvgIpc) is 2.81. The number of aliphatic carboxylic acids is 1. The normalized spacial score (nSPS) is 12.0. The fraction of sp³-hybridized carbons (Fsp3) is 0.692. The first kappa shape index (κ1) is 31.4. The first-order chi connectivity index (χ1) is 16.5. The molecule has 0 spiro atoms. The highest BCUT2D eigenvalue weighted by Crippen LogP contribution is 2.09. The molecular weight excluding hydrogens is 440 g/mol. The summed E-state index contributed by atoms with van der Waals surface area (Å²) >= 11 is 0. The van der Waals surface area contributed by atoms with Crippen LogP contribution in [0.4, 0.5) is 0 Å². The maximum Gasteiger partial charge on any atom is 0.306 e. The number of allylic oxidation sites excluding steroid dienone is 4. The average molecular weight is 483 g/mol. The van der Waals surface area contributed by atoms with Gasteiger partial charge in [-0.2, -0.15) is 0 Å². The Balaban J connectivity index is 3.71. The summed E-state index contributed by atoms with van der Waals surface area (Å²) in [6.07, 6.45) is 19.7. The van der Waals surface area contributed by atoms with Crippen molar-refractivity contribution in [3.05, 3.63) is 24.3 Å². The molecule has 0 aromatic heterocycles. The molecule has 34 heavy (non-hydrogen) atoms. The van der Waals surface area contributed by atoms with Crippen LogP contribution in [0.25, 0.3) is 0 Å². The molecule has 1 atom stereocenters. The van der Waals surface area contributed by atoms with Crippen molar-refractivity contribution in [3.63, 3.8) is 0 Å². The van der Waals surface area contributed by atoms with E-state index in [2.05, 4.69) is 31.2 Å². The van der Waals surface area contributed by atoms with Gasteiger partial charge in [0, 0.05) is 6.42 Å². The fourth-order valence-corrected chi connectivity index (χ4v) is 3.01. The van der Waals surface area contributed by atoms with Crippen LogP contribution in [-0.4, -0.2) is 48.8 Å². The van der Waals surface area contributed by atoms with Crippen molar-refractivity contribution in [2.45, 2.75) is 103 Å². The number of carbonyl (C=O) groups is 4. The van der Waals surface area contributed by atoms with Gasteiger partial charge in [0.05, 0.1) is 12.8 Å². The molecule has 0 aliphatic carbocycles. The summed E-state index contributed by atoms with van der Waals surface area (Å²) < 4.78 is 14.7. The fourth-order valence-electron chi connectivity index (χ4n) is 3.01. The van der Waals surface area contributed by atoms with Crippen LogP contribution in [0.5, 0.6) is 0 Å². The van der Waals surface area contributed by atoms with Crippen LogP contribution in [0, 0.1) is 0 Å². The number of ether oxygens (including phenoxy) is 3. The Labute approximate surface area is 203 Å². The van der Waals surface area contributed by atoms with Gasteiger partial charge in [-0.1, -0.05) is 63.3 Å². The van der Waals surface area contributed by atoms with Crippen LogP contribution in [-0.2, 0) is 33.4 Å². The standard InChI is InChI=1S/C26H42O8/c1-2-3-4-5-6-7-8-9-10-11-12-13-14-15-16-17-25(30)32-20-23(34-22-27)21-33-26(31)19-18-24(28)29/h6-7,9-10,22-23H,2-5,8,11-21H2,1H3,(H,28,29)/b7-6-,10-9-. The summed E-state index contributed by atoms with van der Waals surface area (Å²) in [5.74, 6) is -2.24. The first-order valence-electron chi connectivity index (χ1n) is 12.4. The number of carbonyl (C=O) groups excluding carboxylic acids is 3. The quantitative estimate of drug-likeness (QED) is 0.0686. The summed E-state index contributed by atoms with van der Waals surface area (Å²) in [7, 11) is 0. The van der Waals surface area contributed by atoms with Crippen molar-refractivity contribution >= 4 is 24.4 Å². The zero-order valence-electron chi connectivity index (χ0n) is 20.6. The molecule has 0 aliphatic rings. The van der Waals surface area contributed by atoms with E-state index in [4.69, 9.17) is 19.3 Å². The van der Waals surface area contributed by atoms with Gasteiger partial charge in [0.1, 0.15) is 13.2 Å². The summed E-state index contributed by atoms with van der Waals surface area (Å²) in [6.45, 7) is 1.88. The minimum Gasteiger partial charge on any atom is -0.481 e. The Bertz CT molecular complexity index is 612. The minimum absolute atomic E-state index is 0.185. The molecule has 0 amide bonds. The Hall–Kier alpha value is -2.64. The molecule has 0 radical (unpaired) electrons. The lowest BCUT2D eigenvalue weighted by Crippen LogP contribution is -2.28. The molecule has 0 heterocycles. The third-order valence-electron chi connectivity index (χ3n) is 4.98. The molecule has 0 bridgehead atoms. The van der Waals surface area contributed by atoms with Crippen molar-refractivity contribution in [2.24, 2.45) is 0 Å². The van der Waals surface area contributed by atoms with Gasteiger partial charge in [0.15, 0.2) is 6.10 Å². The van der Waals surface area contributed by atoms with Crippen LogP contribution in [0.3, 0.4) is 0 Å². The monoisotopic (exact) mass is 482 g/mol. The van der Waals surface area contributed by atoms with Gasteiger partial charge in [-0.15, -0.1) is 0 Å². The molecule has 0 fully saturated rings. The molecule has 0 rings (SSSR count). The number of esters is 2. The van der Waals surface area contributed by atoms with E-state index in [1.54, 1.807) is 0 Å². The van der Waals surface area contributed by atoms with E-state index in [0.717, 1.165) is 44.9 Å². The van der Waals surface area contributed by atoms with Gasteiger partial charge in [-0.3, -0.25) is 19.2 Å². The summed E-state index contributed by atoms with van der Waals surface area (Å²) in [5.41, 5.74) is 0. The van der Waals surface area contributed by atoms with E-state index in [1.165, 1.54) is 25.7 Å². The van der Waals surface area contributed by atoms with E-state index in [1.807, 2.05) is 0 Å². The number of hydrogen-bond acceptors (Lipinski definition) is 7. The number of rotatable bonds is 23. The largest absolute Gasteiger partial charge is 0.481 e. The lowest BCUT2D eigenvalue weighted by Gasteiger charge is -2.15. The molecule has 8 nitrogen and oxygen atoms in total. The van der Waals surface area contributed by atoms with Crippen molar-refractivity contribution in [1.29, 1.82) is 0 Å². The Morgan fingerprint density at radius 1 is 0.735 bits per heavy atom. The van der Waals surface area contributed by atoms with E-state index in [0.29, 0.717) is 0 Å². The van der Waals surface area contributed by atoms with Gasteiger partial charge in [0.25, 0.3) is 6.47 Å². The third kappa shape index (κ3) is 22.6. The number of carboxylic acid groups (broad SMARTS) is 1. The third-order valence-corrected chi connectivity index (χ3v) is 4.98. The van der Waals surface area contributed by atoms with E-state index in [-0.39, 0.29) is 38.9 Å². The molecule has 0 saturated carbocycles. The van der Waals surface area contributed by atoms with Gasteiger partial charge < -0.3 is 19.3 Å². The highest BCUT2D eigenvalue weighted by atomic mass is 16.6. The predicted octanol–water partition coefficient (Wildman–Crippen LogP) is 5.29. The van der Waals surface area contributed by atoms with Crippen molar-refractivity contribution in [3.8, 4) is 0 Å². The Morgan fingerprint density at radius 3 is 1.88 bits per heavy atom. The van der Waals surface area contributed by atoms with Crippen LogP contribution in [0.1, 0.15) is 96.8 Å². The molecule has 0 aromatic rings. The molecule has 194 valence electrons. The molecule has 1 N–H and O–H groups in total. The number of carboxylic acids is 1. The molecule has 0 saturated heterocycles. The van der Waals surface area contributed by atoms with Gasteiger partial charge in [-0.25, -0.2) is 0 Å². The number of unbranched alkanes of at least 4 members (excludes halogenated alkanes) is 8. The van der Waals surface area contributed by atoms with Crippen LogP contribution in [0.2, 0.25) is 0 Å². The minimum atomic E-state index is -1.11. The summed E-state index contributed by atoms with van der Waals surface area (Å²) in [4.78, 5) is 44.3. The van der Waals surface area contributed by atoms with E-state index >= 15 is 0 Å². The lowest BCUT2D eigenvalue weighted by molar-refractivity contribution is -0.160. The molecule has 8 heteroatoms. The second kappa shape index (κ2) is 23.5. The smallest absolute Gasteiger partial charge is 0.306 e. The lowest BCUT2D eigenvalue weighted by atomic mass is 10.1. The highest BCUT2D eigenvalue weighted by molar-refractivity contribution is 5.76. The molecular formula is C26H42O8. The van der Waals surface area contributed by atoms with Gasteiger partial charge >= 0.3 is 17.9 Å². The van der Waals surface area contributed by atoms with Crippen LogP contribution < -0.4 is 0 Å². The molecule has 0 aromatic carbocycles. The van der Waals surface area contributed by atoms with E-state index in [9.17, 15) is 19.2 Å². The highest BCUT2D eigenvalue weighted by Gasteiger charge is 2.16. The van der Waals surface area contributed by atoms with Crippen molar-refractivity contribution in [2.75, 3.05) is 13.2 Å². The van der Waals surface area contributed by atoms with Crippen LogP contribution >= 0.6 is 0 Å². The maximum atomic E-state index is 11.8. The SMILES string of the molecule is CCCCC/C=C\C/C=C\CCCCCCCC(=O)OCC(COC(=O)CCC(=O)O)OC=O.